The Morgan fingerprint density at radius 1 is 1.17 bits per heavy atom. The smallest absolute Gasteiger partial charge is 0.119 e. The molecule has 1 aromatic carbocycles. The van der Waals surface area contributed by atoms with Crippen LogP contribution in [0.2, 0.25) is 0 Å². The van der Waals surface area contributed by atoms with E-state index < -0.39 is 0 Å². The topological polar surface area (TPSA) is 21.3 Å². The Labute approximate surface area is 111 Å². The van der Waals surface area contributed by atoms with Gasteiger partial charge in [0.05, 0.1) is 6.61 Å². The molecule has 0 heterocycles. The van der Waals surface area contributed by atoms with Crippen LogP contribution in [0.1, 0.15) is 33.1 Å². The van der Waals surface area contributed by atoms with Crippen LogP contribution < -0.4 is 10.1 Å². The summed E-state index contributed by atoms with van der Waals surface area (Å²) in [5.74, 6) is 2.67. The lowest BCUT2D eigenvalue weighted by Gasteiger charge is -2.19. The third-order valence-corrected chi connectivity index (χ3v) is 4.20. The minimum Gasteiger partial charge on any atom is -0.494 e. The van der Waals surface area contributed by atoms with E-state index >= 15 is 0 Å². The van der Waals surface area contributed by atoms with Crippen LogP contribution in [0.15, 0.2) is 30.3 Å². The van der Waals surface area contributed by atoms with Crippen LogP contribution in [0.25, 0.3) is 0 Å². The number of ether oxygens (including phenoxy) is 1. The highest BCUT2D eigenvalue weighted by Crippen LogP contribution is 2.30. The van der Waals surface area contributed by atoms with Crippen LogP contribution in [-0.4, -0.2) is 19.2 Å². The first-order valence-corrected chi connectivity index (χ1v) is 7.18. The van der Waals surface area contributed by atoms with Gasteiger partial charge in [0.1, 0.15) is 5.75 Å². The van der Waals surface area contributed by atoms with Gasteiger partial charge < -0.3 is 10.1 Å². The highest BCUT2D eigenvalue weighted by Gasteiger charge is 2.28. The summed E-state index contributed by atoms with van der Waals surface area (Å²) in [5, 5.41) is 3.67. The fraction of sp³-hybridized carbons (Fsp3) is 0.625. The Bertz CT molecular complexity index is 338. The molecule has 0 bridgehead atoms. The monoisotopic (exact) mass is 247 g/mol. The van der Waals surface area contributed by atoms with Gasteiger partial charge in [0, 0.05) is 6.04 Å². The van der Waals surface area contributed by atoms with Crippen molar-refractivity contribution in [3.63, 3.8) is 0 Å². The maximum atomic E-state index is 5.68. The standard InChI is InChI=1S/C16H25NO/c1-13-9-10-16(14(13)2)17-11-6-12-18-15-7-4-3-5-8-15/h3-5,7-8,13-14,16-17H,6,9-12H2,1-2H3. The predicted octanol–water partition coefficient (Wildman–Crippen LogP) is 3.48. The van der Waals surface area contributed by atoms with Crippen molar-refractivity contribution in [3.8, 4) is 5.75 Å². The van der Waals surface area contributed by atoms with Crippen molar-refractivity contribution < 1.29 is 4.74 Å². The molecule has 1 fully saturated rings. The van der Waals surface area contributed by atoms with E-state index in [2.05, 4.69) is 19.2 Å². The maximum Gasteiger partial charge on any atom is 0.119 e. The SMILES string of the molecule is CC1CCC(NCCCOc2ccccc2)C1C. The van der Waals surface area contributed by atoms with E-state index in [1.54, 1.807) is 0 Å². The highest BCUT2D eigenvalue weighted by atomic mass is 16.5. The molecule has 2 nitrogen and oxygen atoms in total. The molecular weight excluding hydrogens is 222 g/mol. The summed E-state index contributed by atoms with van der Waals surface area (Å²) in [4.78, 5) is 0. The Morgan fingerprint density at radius 2 is 1.94 bits per heavy atom. The van der Waals surface area contributed by atoms with Gasteiger partial charge in [-0.25, -0.2) is 0 Å². The maximum absolute atomic E-state index is 5.68. The number of rotatable bonds is 6. The number of para-hydroxylation sites is 1. The Hall–Kier alpha value is -1.02. The average Bonchev–Trinajstić information content (AvgIpc) is 2.71. The van der Waals surface area contributed by atoms with Crippen LogP contribution in [0.4, 0.5) is 0 Å². The summed E-state index contributed by atoms with van der Waals surface area (Å²) in [6.45, 7) is 6.60. The number of nitrogens with one attached hydrogen (secondary N) is 1. The molecule has 0 radical (unpaired) electrons. The molecule has 0 aliphatic heterocycles. The fourth-order valence-electron chi connectivity index (χ4n) is 2.72. The van der Waals surface area contributed by atoms with Crippen molar-refractivity contribution in [3.05, 3.63) is 30.3 Å². The van der Waals surface area contributed by atoms with Gasteiger partial charge in [0.2, 0.25) is 0 Å². The quantitative estimate of drug-likeness (QED) is 0.777. The molecule has 100 valence electrons. The van der Waals surface area contributed by atoms with E-state index in [-0.39, 0.29) is 0 Å². The lowest BCUT2D eigenvalue weighted by molar-refractivity contribution is 0.297. The van der Waals surface area contributed by atoms with E-state index in [1.807, 2.05) is 30.3 Å². The van der Waals surface area contributed by atoms with E-state index in [9.17, 15) is 0 Å². The minimum atomic E-state index is 0.719. The first kappa shape index (κ1) is 13.4. The molecule has 1 aliphatic carbocycles. The molecule has 0 spiro atoms. The second kappa shape index (κ2) is 6.79. The van der Waals surface area contributed by atoms with Crippen LogP contribution in [0.5, 0.6) is 5.75 Å². The molecule has 0 amide bonds. The number of benzene rings is 1. The summed E-state index contributed by atoms with van der Waals surface area (Å²) >= 11 is 0. The van der Waals surface area contributed by atoms with Gasteiger partial charge in [0.15, 0.2) is 0 Å². The molecule has 0 aromatic heterocycles. The third-order valence-electron chi connectivity index (χ3n) is 4.20. The molecular formula is C16H25NO. The van der Waals surface area contributed by atoms with Gasteiger partial charge in [-0.2, -0.15) is 0 Å². The van der Waals surface area contributed by atoms with Gasteiger partial charge in [-0.3, -0.25) is 0 Å². The van der Waals surface area contributed by atoms with Gasteiger partial charge in [-0.1, -0.05) is 32.0 Å². The zero-order chi connectivity index (χ0) is 12.8. The van der Waals surface area contributed by atoms with Crippen LogP contribution in [-0.2, 0) is 0 Å². The van der Waals surface area contributed by atoms with Gasteiger partial charge in [0.25, 0.3) is 0 Å². The summed E-state index contributed by atoms with van der Waals surface area (Å²) in [5.41, 5.74) is 0. The lowest BCUT2D eigenvalue weighted by atomic mass is 9.98. The number of hydrogen-bond acceptors (Lipinski definition) is 2. The van der Waals surface area contributed by atoms with Crippen molar-refractivity contribution in [2.24, 2.45) is 11.8 Å². The second-order valence-corrected chi connectivity index (χ2v) is 5.49. The van der Waals surface area contributed by atoms with Crippen molar-refractivity contribution in [2.45, 2.75) is 39.2 Å². The Morgan fingerprint density at radius 3 is 2.61 bits per heavy atom. The Balaban J connectivity index is 1.57. The number of hydrogen-bond donors (Lipinski definition) is 1. The third kappa shape index (κ3) is 3.74. The molecule has 18 heavy (non-hydrogen) atoms. The first-order valence-electron chi connectivity index (χ1n) is 7.18. The molecule has 2 rings (SSSR count). The van der Waals surface area contributed by atoms with Crippen molar-refractivity contribution >= 4 is 0 Å². The normalized spacial score (nSPS) is 27.3. The van der Waals surface area contributed by atoms with Crippen molar-refractivity contribution in [1.29, 1.82) is 0 Å². The minimum absolute atomic E-state index is 0.719. The van der Waals surface area contributed by atoms with Crippen LogP contribution in [0.3, 0.4) is 0 Å². The van der Waals surface area contributed by atoms with E-state index in [0.717, 1.165) is 43.2 Å². The van der Waals surface area contributed by atoms with E-state index in [1.165, 1.54) is 12.8 Å². The molecule has 1 N–H and O–H groups in total. The van der Waals surface area contributed by atoms with Crippen molar-refractivity contribution in [1.82, 2.24) is 5.32 Å². The summed E-state index contributed by atoms with van der Waals surface area (Å²) in [6.07, 6.45) is 3.79. The summed E-state index contributed by atoms with van der Waals surface area (Å²) < 4.78 is 5.68. The lowest BCUT2D eigenvalue weighted by Crippen LogP contribution is -2.33. The highest BCUT2D eigenvalue weighted by molar-refractivity contribution is 5.20. The van der Waals surface area contributed by atoms with Gasteiger partial charge >= 0.3 is 0 Å². The fourth-order valence-corrected chi connectivity index (χ4v) is 2.72. The molecule has 1 saturated carbocycles. The summed E-state index contributed by atoms with van der Waals surface area (Å²) in [6, 6.07) is 10.8. The van der Waals surface area contributed by atoms with Gasteiger partial charge in [-0.15, -0.1) is 0 Å². The molecule has 3 unspecified atom stereocenters. The molecule has 1 aliphatic rings. The zero-order valence-corrected chi connectivity index (χ0v) is 11.6. The van der Waals surface area contributed by atoms with Crippen LogP contribution in [0, 0.1) is 11.8 Å². The largest absolute Gasteiger partial charge is 0.494 e. The molecule has 3 atom stereocenters. The predicted molar refractivity (Wildman–Crippen MR) is 75.9 cm³/mol. The van der Waals surface area contributed by atoms with E-state index in [4.69, 9.17) is 4.74 Å². The second-order valence-electron chi connectivity index (χ2n) is 5.49. The van der Waals surface area contributed by atoms with Gasteiger partial charge in [-0.05, 0) is 49.8 Å². The zero-order valence-electron chi connectivity index (χ0n) is 11.6. The summed E-state index contributed by atoms with van der Waals surface area (Å²) in [7, 11) is 0. The van der Waals surface area contributed by atoms with Crippen molar-refractivity contribution in [2.75, 3.05) is 13.2 Å². The molecule has 2 heteroatoms. The van der Waals surface area contributed by atoms with E-state index in [0.29, 0.717) is 0 Å². The molecule has 1 aromatic rings. The molecule has 0 saturated heterocycles. The Kier molecular flexibility index (Phi) is 5.06. The first-order chi connectivity index (χ1) is 8.77. The van der Waals surface area contributed by atoms with Crippen LogP contribution >= 0.6 is 0 Å². The average molecular weight is 247 g/mol.